The Hall–Kier alpha value is -3.30. The molecule has 32 heavy (non-hydrogen) atoms. The lowest BCUT2D eigenvalue weighted by molar-refractivity contribution is 0.603. The van der Waals surface area contributed by atoms with E-state index < -0.39 is 0 Å². The smallest absolute Gasteiger partial charge is 0.296 e. The maximum absolute atomic E-state index is 12.1. The van der Waals surface area contributed by atoms with Gasteiger partial charge in [0.1, 0.15) is 11.6 Å². The van der Waals surface area contributed by atoms with Gasteiger partial charge in [-0.05, 0) is 38.5 Å². The van der Waals surface area contributed by atoms with Crippen molar-refractivity contribution in [2.24, 2.45) is 5.92 Å². The molecule has 0 aliphatic heterocycles. The summed E-state index contributed by atoms with van der Waals surface area (Å²) in [5.74, 6) is 2.42. The maximum Gasteiger partial charge on any atom is 0.296 e. The summed E-state index contributed by atoms with van der Waals surface area (Å²) in [5, 5.41) is 16.0. The predicted molar refractivity (Wildman–Crippen MR) is 121 cm³/mol. The van der Waals surface area contributed by atoms with Crippen LogP contribution in [0.5, 0.6) is 0 Å². The van der Waals surface area contributed by atoms with Crippen LogP contribution in [0.15, 0.2) is 34.4 Å². The summed E-state index contributed by atoms with van der Waals surface area (Å²) in [6, 6.07) is 0. The van der Waals surface area contributed by atoms with Gasteiger partial charge in [-0.2, -0.15) is 0 Å². The molecular formula is C22H30N8O2. The standard InChI is InChI=1S/C12H16N4O.C10H14N4O/c1-2-3-10-13-14-11-12(17)15(6-7-16(10)11)8-9-4-5-9;1-3-5-8-11-12-9-10(15)13(4-2)6-7-14(8)9/h6-7,9H,2-5,8H2,1H3;6-7H,3-5H2,1-2H3. The molecule has 0 unspecified atom stereocenters. The summed E-state index contributed by atoms with van der Waals surface area (Å²) < 4.78 is 6.98. The van der Waals surface area contributed by atoms with Gasteiger partial charge in [0.05, 0.1) is 0 Å². The van der Waals surface area contributed by atoms with Crippen LogP contribution in [0.3, 0.4) is 0 Å². The molecule has 0 spiro atoms. The fourth-order valence-electron chi connectivity index (χ4n) is 3.70. The quantitative estimate of drug-likeness (QED) is 0.438. The molecule has 0 saturated heterocycles. The van der Waals surface area contributed by atoms with Crippen LogP contribution in [0.1, 0.15) is 58.1 Å². The Kier molecular flexibility index (Phi) is 6.48. The Morgan fingerprint density at radius 3 is 1.72 bits per heavy atom. The summed E-state index contributed by atoms with van der Waals surface area (Å²) in [6.07, 6.45) is 13.6. The van der Waals surface area contributed by atoms with E-state index in [1.165, 1.54) is 12.8 Å². The lowest BCUT2D eigenvalue weighted by Crippen LogP contribution is -2.22. The fourth-order valence-corrected chi connectivity index (χ4v) is 3.70. The molecule has 1 aliphatic carbocycles. The molecule has 0 bridgehead atoms. The van der Waals surface area contributed by atoms with Crippen molar-refractivity contribution in [1.29, 1.82) is 0 Å². The Morgan fingerprint density at radius 2 is 1.25 bits per heavy atom. The third-order valence-corrected chi connectivity index (χ3v) is 5.67. The number of aryl methyl sites for hydroxylation is 3. The molecule has 170 valence electrons. The summed E-state index contributed by atoms with van der Waals surface area (Å²) in [5.41, 5.74) is 0.781. The predicted octanol–water partition coefficient (Wildman–Crippen LogP) is 2.12. The van der Waals surface area contributed by atoms with Crippen LogP contribution >= 0.6 is 0 Å². The second kappa shape index (κ2) is 9.46. The van der Waals surface area contributed by atoms with Crippen molar-refractivity contribution in [3.05, 3.63) is 57.1 Å². The van der Waals surface area contributed by atoms with E-state index in [0.29, 0.717) is 23.8 Å². The molecule has 0 N–H and O–H groups in total. The van der Waals surface area contributed by atoms with Crippen LogP contribution in [-0.4, -0.2) is 38.3 Å². The van der Waals surface area contributed by atoms with Crippen molar-refractivity contribution in [3.8, 4) is 0 Å². The van der Waals surface area contributed by atoms with E-state index in [4.69, 9.17) is 0 Å². The van der Waals surface area contributed by atoms with E-state index in [1.807, 2.05) is 29.9 Å². The number of hydrogen-bond donors (Lipinski definition) is 0. The Morgan fingerprint density at radius 1 is 0.750 bits per heavy atom. The first kappa shape index (κ1) is 21.9. The van der Waals surface area contributed by atoms with Crippen molar-refractivity contribution < 1.29 is 0 Å². The maximum atomic E-state index is 12.1. The molecule has 0 amide bonds. The summed E-state index contributed by atoms with van der Waals surface area (Å²) in [7, 11) is 0. The highest BCUT2D eigenvalue weighted by atomic mass is 16.1. The van der Waals surface area contributed by atoms with E-state index in [1.54, 1.807) is 19.7 Å². The molecule has 4 aromatic heterocycles. The first-order chi connectivity index (χ1) is 15.6. The van der Waals surface area contributed by atoms with Gasteiger partial charge in [0.15, 0.2) is 0 Å². The van der Waals surface area contributed by atoms with Gasteiger partial charge in [0.2, 0.25) is 11.3 Å². The third kappa shape index (κ3) is 4.35. The topological polar surface area (TPSA) is 104 Å². The molecule has 10 heteroatoms. The van der Waals surface area contributed by atoms with E-state index >= 15 is 0 Å². The number of aromatic nitrogens is 8. The molecular weight excluding hydrogens is 408 g/mol. The largest absolute Gasteiger partial charge is 0.311 e. The Bertz CT molecular complexity index is 1330. The second-order valence-corrected chi connectivity index (χ2v) is 8.21. The van der Waals surface area contributed by atoms with Crippen LogP contribution in [0.2, 0.25) is 0 Å². The van der Waals surface area contributed by atoms with Gasteiger partial charge in [-0.15, -0.1) is 20.4 Å². The zero-order valence-corrected chi connectivity index (χ0v) is 18.9. The van der Waals surface area contributed by atoms with Gasteiger partial charge in [0, 0.05) is 50.7 Å². The fraction of sp³-hybridized carbons (Fsp3) is 0.545. The highest BCUT2D eigenvalue weighted by Crippen LogP contribution is 2.29. The molecule has 1 fully saturated rings. The molecule has 4 heterocycles. The summed E-state index contributed by atoms with van der Waals surface area (Å²) in [4.78, 5) is 24.0. The first-order valence-electron chi connectivity index (χ1n) is 11.4. The number of nitrogens with zero attached hydrogens (tertiary/aromatic N) is 8. The normalized spacial score (nSPS) is 13.5. The van der Waals surface area contributed by atoms with E-state index in [0.717, 1.165) is 43.9 Å². The Balaban J connectivity index is 0.000000155. The van der Waals surface area contributed by atoms with Gasteiger partial charge in [-0.25, -0.2) is 0 Å². The van der Waals surface area contributed by atoms with Crippen LogP contribution in [0.4, 0.5) is 0 Å². The number of hydrogen-bond acceptors (Lipinski definition) is 6. The number of fused-ring (bicyclic) bond motifs is 2. The average molecular weight is 439 g/mol. The van der Waals surface area contributed by atoms with Gasteiger partial charge in [-0.1, -0.05) is 13.8 Å². The molecule has 0 radical (unpaired) electrons. The minimum absolute atomic E-state index is 0.0192. The minimum Gasteiger partial charge on any atom is -0.311 e. The lowest BCUT2D eigenvalue weighted by Gasteiger charge is -2.04. The highest BCUT2D eigenvalue weighted by molar-refractivity contribution is 5.35. The SMILES string of the molecule is CCCc1nnc2c(=O)n(CC)ccn12.CCCc1nnc2c(=O)n(CC3CC3)ccn12. The van der Waals surface area contributed by atoms with Crippen LogP contribution in [0, 0.1) is 5.92 Å². The van der Waals surface area contributed by atoms with Gasteiger partial charge in [0.25, 0.3) is 11.1 Å². The first-order valence-corrected chi connectivity index (χ1v) is 11.4. The summed E-state index contributed by atoms with van der Waals surface area (Å²) >= 11 is 0. The number of rotatable bonds is 7. The third-order valence-electron chi connectivity index (χ3n) is 5.67. The molecule has 4 aromatic rings. The molecule has 1 saturated carbocycles. The zero-order valence-electron chi connectivity index (χ0n) is 18.9. The van der Waals surface area contributed by atoms with E-state index in [2.05, 4.69) is 34.2 Å². The van der Waals surface area contributed by atoms with Crippen LogP contribution < -0.4 is 11.1 Å². The zero-order chi connectivity index (χ0) is 22.7. The highest BCUT2D eigenvalue weighted by Gasteiger charge is 2.22. The van der Waals surface area contributed by atoms with Crippen LogP contribution in [-0.2, 0) is 25.9 Å². The van der Waals surface area contributed by atoms with Crippen molar-refractivity contribution in [2.75, 3.05) is 0 Å². The molecule has 1 aliphatic rings. The van der Waals surface area contributed by atoms with E-state index in [-0.39, 0.29) is 11.1 Å². The minimum atomic E-state index is -0.0742. The molecule has 5 rings (SSSR count). The van der Waals surface area contributed by atoms with Gasteiger partial charge in [-0.3, -0.25) is 18.4 Å². The summed E-state index contributed by atoms with van der Waals surface area (Å²) in [6.45, 7) is 7.58. The van der Waals surface area contributed by atoms with E-state index in [9.17, 15) is 9.59 Å². The van der Waals surface area contributed by atoms with Crippen molar-refractivity contribution in [1.82, 2.24) is 38.3 Å². The van der Waals surface area contributed by atoms with Gasteiger partial charge >= 0.3 is 0 Å². The van der Waals surface area contributed by atoms with Crippen LogP contribution in [0.25, 0.3) is 11.3 Å². The van der Waals surface area contributed by atoms with Crippen molar-refractivity contribution >= 4 is 11.3 Å². The van der Waals surface area contributed by atoms with Crippen molar-refractivity contribution in [3.63, 3.8) is 0 Å². The second-order valence-electron chi connectivity index (χ2n) is 8.21. The molecule has 0 aromatic carbocycles. The molecule has 10 nitrogen and oxygen atoms in total. The lowest BCUT2D eigenvalue weighted by atomic mass is 10.3. The Labute approximate surface area is 185 Å². The monoisotopic (exact) mass is 438 g/mol. The van der Waals surface area contributed by atoms with Crippen molar-refractivity contribution in [2.45, 2.75) is 72.4 Å². The average Bonchev–Trinajstić information content (AvgIpc) is 3.37. The molecule has 0 atom stereocenters. The van der Waals surface area contributed by atoms with Gasteiger partial charge < -0.3 is 9.13 Å².